The predicted octanol–water partition coefficient (Wildman–Crippen LogP) is 3.83. The van der Waals surface area contributed by atoms with E-state index in [4.69, 9.17) is 5.11 Å². The summed E-state index contributed by atoms with van der Waals surface area (Å²) >= 11 is 0. The van der Waals surface area contributed by atoms with Crippen molar-refractivity contribution in [3.05, 3.63) is 48.2 Å². The van der Waals surface area contributed by atoms with E-state index in [0.717, 1.165) is 12.2 Å². The van der Waals surface area contributed by atoms with Crippen LogP contribution in [0.2, 0.25) is 0 Å². The molecule has 0 aliphatic heterocycles. The van der Waals surface area contributed by atoms with Crippen LogP contribution < -0.4 is 0 Å². The Labute approximate surface area is 119 Å². The van der Waals surface area contributed by atoms with Crippen molar-refractivity contribution in [3.63, 3.8) is 0 Å². The van der Waals surface area contributed by atoms with Crippen LogP contribution in [0.5, 0.6) is 0 Å². The highest BCUT2D eigenvalue weighted by Crippen LogP contribution is 2.24. The number of carbonyl (C=O) groups is 1. The lowest BCUT2D eigenvalue weighted by Crippen LogP contribution is -2.10. The van der Waals surface area contributed by atoms with E-state index >= 15 is 0 Å². The number of rotatable bonds is 6. The Hall–Kier alpha value is -2.03. The minimum atomic E-state index is -0.747. The first kappa shape index (κ1) is 14.4. The van der Waals surface area contributed by atoms with Crippen LogP contribution in [0.1, 0.15) is 26.0 Å². The molecule has 0 bridgehead atoms. The number of benzene rings is 1. The predicted molar refractivity (Wildman–Crippen MR) is 80.7 cm³/mol. The van der Waals surface area contributed by atoms with Crippen molar-refractivity contribution in [1.29, 1.82) is 0 Å². The summed E-state index contributed by atoms with van der Waals surface area (Å²) < 4.78 is 2.25. The van der Waals surface area contributed by atoms with Gasteiger partial charge in [0.2, 0.25) is 0 Å². The summed E-state index contributed by atoms with van der Waals surface area (Å²) in [7, 11) is 0. The highest BCUT2D eigenvalue weighted by Gasteiger charge is 2.12. The first-order valence-corrected chi connectivity index (χ1v) is 7.03. The van der Waals surface area contributed by atoms with Gasteiger partial charge in [-0.15, -0.1) is 0 Å². The van der Waals surface area contributed by atoms with Gasteiger partial charge in [-0.2, -0.15) is 0 Å². The van der Waals surface area contributed by atoms with E-state index in [1.165, 1.54) is 11.3 Å². The third-order valence-corrected chi connectivity index (χ3v) is 3.28. The van der Waals surface area contributed by atoms with Crippen LogP contribution in [0.4, 0.5) is 0 Å². The van der Waals surface area contributed by atoms with Gasteiger partial charge in [-0.1, -0.05) is 44.2 Å². The lowest BCUT2D eigenvalue weighted by Gasteiger charge is -2.15. The second kappa shape index (κ2) is 6.42. The van der Waals surface area contributed by atoms with Crippen molar-refractivity contribution in [1.82, 2.24) is 4.57 Å². The SMILES string of the molecule is CC(C)Cn1c(CCC(=O)O)ccc1-c1ccccc1. The number of carboxylic acid groups (broad SMARTS) is 1. The van der Waals surface area contributed by atoms with Gasteiger partial charge in [0.1, 0.15) is 0 Å². The van der Waals surface area contributed by atoms with E-state index in [1.54, 1.807) is 0 Å². The maximum absolute atomic E-state index is 10.8. The van der Waals surface area contributed by atoms with Crippen molar-refractivity contribution in [2.24, 2.45) is 5.92 Å². The molecule has 2 rings (SSSR count). The molecule has 0 atom stereocenters. The fraction of sp³-hybridized carbons (Fsp3) is 0.353. The molecule has 0 unspecified atom stereocenters. The maximum Gasteiger partial charge on any atom is 0.303 e. The van der Waals surface area contributed by atoms with Crippen LogP contribution in [0.3, 0.4) is 0 Å². The summed E-state index contributed by atoms with van der Waals surface area (Å²) in [4.78, 5) is 10.8. The van der Waals surface area contributed by atoms with Crippen molar-refractivity contribution in [2.75, 3.05) is 0 Å². The third-order valence-electron chi connectivity index (χ3n) is 3.28. The average molecular weight is 271 g/mol. The van der Waals surface area contributed by atoms with Crippen LogP contribution in [-0.4, -0.2) is 15.6 Å². The largest absolute Gasteiger partial charge is 0.481 e. The van der Waals surface area contributed by atoms with Crippen molar-refractivity contribution in [3.8, 4) is 11.3 Å². The molecule has 0 fully saturated rings. The molecule has 0 saturated carbocycles. The summed E-state index contributed by atoms with van der Waals surface area (Å²) in [6, 6.07) is 14.4. The van der Waals surface area contributed by atoms with E-state index in [9.17, 15) is 4.79 Å². The van der Waals surface area contributed by atoms with Crippen molar-refractivity contribution >= 4 is 5.97 Å². The number of hydrogen-bond donors (Lipinski definition) is 1. The Balaban J connectivity index is 2.34. The van der Waals surface area contributed by atoms with E-state index in [0.29, 0.717) is 12.3 Å². The fourth-order valence-electron chi connectivity index (χ4n) is 2.40. The van der Waals surface area contributed by atoms with Gasteiger partial charge in [0.15, 0.2) is 0 Å². The van der Waals surface area contributed by atoms with Gasteiger partial charge < -0.3 is 9.67 Å². The minimum Gasteiger partial charge on any atom is -0.481 e. The van der Waals surface area contributed by atoms with Crippen molar-refractivity contribution < 1.29 is 9.90 Å². The molecule has 0 aliphatic carbocycles. The van der Waals surface area contributed by atoms with Gasteiger partial charge in [0.05, 0.1) is 6.42 Å². The summed E-state index contributed by atoms with van der Waals surface area (Å²) in [5.41, 5.74) is 3.44. The van der Waals surface area contributed by atoms with Gasteiger partial charge >= 0.3 is 5.97 Å². The first-order valence-electron chi connectivity index (χ1n) is 7.03. The fourth-order valence-corrected chi connectivity index (χ4v) is 2.40. The number of aromatic nitrogens is 1. The standard InChI is InChI=1S/C17H21NO2/c1-13(2)12-18-15(9-11-17(19)20)8-10-16(18)14-6-4-3-5-7-14/h3-8,10,13H,9,11-12H2,1-2H3,(H,19,20). The zero-order chi connectivity index (χ0) is 14.5. The summed E-state index contributed by atoms with van der Waals surface area (Å²) in [6.07, 6.45) is 0.755. The Bertz CT molecular complexity index is 570. The Morgan fingerprint density at radius 3 is 2.45 bits per heavy atom. The Kier molecular flexibility index (Phi) is 4.61. The number of nitrogens with zero attached hydrogens (tertiary/aromatic N) is 1. The summed E-state index contributed by atoms with van der Waals surface area (Å²) in [6.45, 7) is 5.26. The number of carboxylic acids is 1. The average Bonchev–Trinajstić information content (AvgIpc) is 2.79. The number of aryl methyl sites for hydroxylation is 1. The van der Waals surface area contributed by atoms with E-state index in [-0.39, 0.29) is 6.42 Å². The lowest BCUT2D eigenvalue weighted by molar-refractivity contribution is -0.136. The molecule has 106 valence electrons. The first-order chi connectivity index (χ1) is 9.58. The lowest BCUT2D eigenvalue weighted by atomic mass is 10.1. The molecule has 0 spiro atoms. The molecule has 0 amide bonds. The monoisotopic (exact) mass is 271 g/mol. The Morgan fingerprint density at radius 1 is 1.15 bits per heavy atom. The number of aliphatic carboxylic acids is 1. The molecular weight excluding hydrogens is 250 g/mol. The van der Waals surface area contributed by atoms with E-state index in [2.05, 4.69) is 36.6 Å². The van der Waals surface area contributed by atoms with Crippen LogP contribution in [-0.2, 0) is 17.8 Å². The zero-order valence-corrected chi connectivity index (χ0v) is 12.0. The minimum absolute atomic E-state index is 0.177. The van der Waals surface area contributed by atoms with Crippen LogP contribution in [0.25, 0.3) is 11.3 Å². The number of hydrogen-bond acceptors (Lipinski definition) is 1. The van der Waals surface area contributed by atoms with Gasteiger partial charge in [0, 0.05) is 17.9 Å². The van der Waals surface area contributed by atoms with E-state index in [1.807, 2.05) is 24.3 Å². The van der Waals surface area contributed by atoms with Gasteiger partial charge in [0.25, 0.3) is 0 Å². The molecule has 1 aromatic carbocycles. The zero-order valence-electron chi connectivity index (χ0n) is 12.0. The topological polar surface area (TPSA) is 42.2 Å². The second-order valence-corrected chi connectivity index (χ2v) is 5.47. The van der Waals surface area contributed by atoms with Crippen LogP contribution in [0, 0.1) is 5.92 Å². The summed E-state index contributed by atoms with van der Waals surface area (Å²) in [5.74, 6) is -0.225. The Morgan fingerprint density at radius 2 is 1.85 bits per heavy atom. The molecule has 3 heteroatoms. The second-order valence-electron chi connectivity index (χ2n) is 5.47. The highest BCUT2D eigenvalue weighted by molar-refractivity contribution is 5.67. The van der Waals surface area contributed by atoms with E-state index < -0.39 is 5.97 Å². The van der Waals surface area contributed by atoms with Gasteiger partial charge in [-0.3, -0.25) is 4.79 Å². The molecule has 1 N–H and O–H groups in total. The third kappa shape index (κ3) is 3.50. The van der Waals surface area contributed by atoms with Crippen LogP contribution in [0.15, 0.2) is 42.5 Å². The molecule has 3 nitrogen and oxygen atoms in total. The molecule has 2 aromatic rings. The smallest absolute Gasteiger partial charge is 0.303 e. The maximum atomic E-state index is 10.8. The van der Waals surface area contributed by atoms with Gasteiger partial charge in [-0.25, -0.2) is 0 Å². The normalized spacial score (nSPS) is 10.9. The quantitative estimate of drug-likeness (QED) is 0.867. The molecule has 1 heterocycles. The molecule has 0 radical (unpaired) electrons. The molecule has 0 saturated heterocycles. The molecular formula is C17H21NO2. The molecule has 20 heavy (non-hydrogen) atoms. The van der Waals surface area contributed by atoms with Gasteiger partial charge in [-0.05, 0) is 30.0 Å². The molecule has 0 aliphatic rings. The summed E-state index contributed by atoms with van der Waals surface area (Å²) in [5, 5.41) is 8.86. The molecule has 1 aromatic heterocycles. The van der Waals surface area contributed by atoms with Crippen LogP contribution >= 0.6 is 0 Å². The van der Waals surface area contributed by atoms with Crippen molar-refractivity contribution in [2.45, 2.75) is 33.2 Å². The highest BCUT2D eigenvalue weighted by atomic mass is 16.4.